The lowest BCUT2D eigenvalue weighted by atomic mass is 10.1. The van der Waals surface area contributed by atoms with Crippen molar-refractivity contribution in [1.29, 1.82) is 0 Å². The summed E-state index contributed by atoms with van der Waals surface area (Å²) in [5, 5.41) is 26.6. The quantitative estimate of drug-likeness (QED) is 0.623. The van der Waals surface area contributed by atoms with Gasteiger partial charge >= 0.3 is 5.97 Å². The SMILES string of the molecule is O=C(O)c1ccc([N+](=O)[O-])cc1-n1cnnc1. The smallest absolute Gasteiger partial charge is 0.337 e. The number of benzene rings is 1. The van der Waals surface area contributed by atoms with Gasteiger partial charge in [-0.05, 0) is 6.07 Å². The van der Waals surface area contributed by atoms with E-state index in [0.717, 1.165) is 12.1 Å². The Labute approximate surface area is 94.3 Å². The van der Waals surface area contributed by atoms with Gasteiger partial charge in [0.15, 0.2) is 0 Å². The highest BCUT2D eigenvalue weighted by molar-refractivity contribution is 5.92. The van der Waals surface area contributed by atoms with Crippen molar-refractivity contribution in [3.8, 4) is 5.69 Å². The summed E-state index contributed by atoms with van der Waals surface area (Å²) >= 11 is 0. The Morgan fingerprint density at radius 2 is 2.00 bits per heavy atom. The summed E-state index contributed by atoms with van der Waals surface area (Å²) in [7, 11) is 0. The van der Waals surface area contributed by atoms with Crippen LogP contribution in [0.3, 0.4) is 0 Å². The molecule has 1 aromatic carbocycles. The molecule has 0 saturated carbocycles. The zero-order valence-corrected chi connectivity index (χ0v) is 8.35. The van der Waals surface area contributed by atoms with Crippen LogP contribution in [0, 0.1) is 10.1 Å². The van der Waals surface area contributed by atoms with Crippen molar-refractivity contribution in [1.82, 2.24) is 14.8 Å². The Balaban J connectivity index is 2.64. The van der Waals surface area contributed by atoms with E-state index in [1.54, 1.807) is 0 Å². The van der Waals surface area contributed by atoms with Crippen molar-refractivity contribution in [2.24, 2.45) is 0 Å². The molecule has 0 spiro atoms. The van der Waals surface area contributed by atoms with E-state index in [-0.39, 0.29) is 16.9 Å². The van der Waals surface area contributed by atoms with Crippen LogP contribution in [0.5, 0.6) is 0 Å². The van der Waals surface area contributed by atoms with Gasteiger partial charge in [-0.25, -0.2) is 4.79 Å². The lowest BCUT2D eigenvalue weighted by molar-refractivity contribution is -0.384. The van der Waals surface area contributed by atoms with Gasteiger partial charge in [0.25, 0.3) is 5.69 Å². The third kappa shape index (κ3) is 1.95. The highest BCUT2D eigenvalue weighted by Gasteiger charge is 2.16. The first-order valence-electron chi connectivity index (χ1n) is 4.46. The zero-order chi connectivity index (χ0) is 12.4. The number of carbonyl (C=O) groups is 1. The third-order valence-electron chi connectivity index (χ3n) is 2.12. The maximum absolute atomic E-state index is 11.0. The molecule has 8 nitrogen and oxygen atoms in total. The van der Waals surface area contributed by atoms with Crippen LogP contribution in [0.1, 0.15) is 10.4 Å². The first kappa shape index (κ1) is 10.7. The molecular weight excluding hydrogens is 228 g/mol. The molecule has 0 radical (unpaired) electrons. The maximum Gasteiger partial charge on any atom is 0.337 e. The second-order valence-corrected chi connectivity index (χ2v) is 3.13. The number of non-ortho nitro benzene ring substituents is 1. The van der Waals surface area contributed by atoms with Gasteiger partial charge in [-0.1, -0.05) is 0 Å². The molecule has 2 rings (SSSR count). The summed E-state index contributed by atoms with van der Waals surface area (Å²) in [6.07, 6.45) is 2.54. The minimum atomic E-state index is -1.18. The van der Waals surface area contributed by atoms with Crippen molar-refractivity contribution >= 4 is 11.7 Å². The van der Waals surface area contributed by atoms with E-state index in [0.29, 0.717) is 0 Å². The van der Waals surface area contributed by atoms with Crippen molar-refractivity contribution < 1.29 is 14.8 Å². The molecule has 1 N–H and O–H groups in total. The van der Waals surface area contributed by atoms with E-state index in [1.807, 2.05) is 0 Å². The molecule has 0 saturated heterocycles. The highest BCUT2D eigenvalue weighted by Crippen LogP contribution is 2.21. The summed E-state index contributed by atoms with van der Waals surface area (Å²) in [4.78, 5) is 21.0. The number of carboxylic acids is 1. The number of rotatable bonds is 3. The van der Waals surface area contributed by atoms with E-state index < -0.39 is 10.9 Å². The largest absolute Gasteiger partial charge is 0.478 e. The minimum Gasteiger partial charge on any atom is -0.478 e. The van der Waals surface area contributed by atoms with Gasteiger partial charge in [0.1, 0.15) is 12.7 Å². The molecule has 0 aliphatic carbocycles. The third-order valence-corrected chi connectivity index (χ3v) is 2.12. The summed E-state index contributed by atoms with van der Waals surface area (Å²) < 4.78 is 1.30. The summed E-state index contributed by atoms with van der Waals surface area (Å²) in [5.41, 5.74) is -0.106. The summed E-state index contributed by atoms with van der Waals surface area (Å²) in [5.74, 6) is -1.18. The number of carboxylic acid groups (broad SMARTS) is 1. The van der Waals surface area contributed by atoms with E-state index in [2.05, 4.69) is 10.2 Å². The van der Waals surface area contributed by atoms with Gasteiger partial charge in [-0.15, -0.1) is 10.2 Å². The molecular formula is C9H6N4O4. The minimum absolute atomic E-state index is 0.0598. The Kier molecular flexibility index (Phi) is 2.53. The Morgan fingerprint density at radius 1 is 1.35 bits per heavy atom. The van der Waals surface area contributed by atoms with Crippen LogP contribution in [-0.2, 0) is 0 Å². The van der Waals surface area contributed by atoms with Crippen molar-refractivity contribution in [3.05, 3.63) is 46.5 Å². The Morgan fingerprint density at radius 3 is 2.53 bits per heavy atom. The van der Waals surface area contributed by atoms with Crippen LogP contribution in [0.2, 0.25) is 0 Å². The first-order valence-corrected chi connectivity index (χ1v) is 4.46. The van der Waals surface area contributed by atoms with Crippen LogP contribution in [0.4, 0.5) is 5.69 Å². The van der Waals surface area contributed by atoms with Crippen LogP contribution in [-0.4, -0.2) is 30.8 Å². The lowest BCUT2D eigenvalue weighted by Crippen LogP contribution is -2.05. The van der Waals surface area contributed by atoms with Crippen molar-refractivity contribution in [2.75, 3.05) is 0 Å². The van der Waals surface area contributed by atoms with Gasteiger partial charge in [0.2, 0.25) is 0 Å². The Bertz CT molecular complexity index is 579. The molecule has 0 aliphatic heterocycles. The molecule has 17 heavy (non-hydrogen) atoms. The molecule has 86 valence electrons. The fraction of sp³-hybridized carbons (Fsp3) is 0. The first-order chi connectivity index (χ1) is 8.09. The van der Waals surface area contributed by atoms with Gasteiger partial charge in [-0.2, -0.15) is 0 Å². The molecule has 0 amide bonds. The van der Waals surface area contributed by atoms with Crippen LogP contribution in [0.15, 0.2) is 30.9 Å². The molecule has 0 aliphatic rings. The zero-order valence-electron chi connectivity index (χ0n) is 8.35. The second kappa shape index (κ2) is 4.00. The maximum atomic E-state index is 11.0. The number of aromatic nitrogens is 3. The average Bonchev–Trinajstić information content (AvgIpc) is 2.81. The fourth-order valence-electron chi connectivity index (χ4n) is 1.35. The Hall–Kier alpha value is -2.77. The van der Waals surface area contributed by atoms with Crippen LogP contribution >= 0.6 is 0 Å². The number of nitrogens with zero attached hydrogens (tertiary/aromatic N) is 4. The number of hydrogen-bond acceptors (Lipinski definition) is 5. The number of nitro benzene ring substituents is 1. The number of nitro groups is 1. The lowest BCUT2D eigenvalue weighted by Gasteiger charge is -2.05. The predicted molar refractivity (Wildman–Crippen MR) is 55.0 cm³/mol. The van der Waals surface area contributed by atoms with Gasteiger partial charge in [-0.3, -0.25) is 14.7 Å². The molecule has 8 heteroatoms. The molecule has 1 aromatic heterocycles. The van der Waals surface area contributed by atoms with Crippen molar-refractivity contribution in [3.63, 3.8) is 0 Å². The van der Waals surface area contributed by atoms with Gasteiger partial charge in [0.05, 0.1) is 16.2 Å². The summed E-state index contributed by atoms with van der Waals surface area (Å²) in [6.45, 7) is 0. The second-order valence-electron chi connectivity index (χ2n) is 3.13. The molecule has 0 atom stereocenters. The van der Waals surface area contributed by atoms with Gasteiger partial charge in [0, 0.05) is 12.1 Å². The molecule has 0 fully saturated rings. The summed E-state index contributed by atoms with van der Waals surface area (Å²) in [6, 6.07) is 3.47. The van der Waals surface area contributed by atoms with Crippen molar-refractivity contribution in [2.45, 2.75) is 0 Å². The van der Waals surface area contributed by atoms with E-state index in [1.165, 1.54) is 23.3 Å². The van der Waals surface area contributed by atoms with E-state index >= 15 is 0 Å². The molecule has 1 heterocycles. The molecule has 0 unspecified atom stereocenters. The standard InChI is InChI=1S/C9H6N4O4/c14-9(15)7-2-1-6(13(16)17)3-8(7)12-4-10-11-5-12/h1-5H,(H,14,15). The number of aromatic carboxylic acids is 1. The van der Waals surface area contributed by atoms with E-state index in [4.69, 9.17) is 5.11 Å². The topological polar surface area (TPSA) is 111 Å². The average molecular weight is 234 g/mol. The van der Waals surface area contributed by atoms with E-state index in [9.17, 15) is 14.9 Å². The predicted octanol–water partition coefficient (Wildman–Crippen LogP) is 0.874. The van der Waals surface area contributed by atoms with Crippen LogP contribution < -0.4 is 0 Å². The normalized spacial score (nSPS) is 10.1. The molecule has 0 bridgehead atoms. The van der Waals surface area contributed by atoms with Gasteiger partial charge < -0.3 is 5.11 Å². The monoisotopic (exact) mass is 234 g/mol. The fourth-order valence-corrected chi connectivity index (χ4v) is 1.35. The highest BCUT2D eigenvalue weighted by atomic mass is 16.6. The number of hydrogen-bond donors (Lipinski definition) is 1. The molecule has 2 aromatic rings. The van der Waals surface area contributed by atoms with Crippen LogP contribution in [0.25, 0.3) is 5.69 Å².